The largest absolute Gasteiger partial charge is 0.477 e. The van der Waals surface area contributed by atoms with E-state index >= 15 is 4.39 Å². The third-order valence-electron chi connectivity index (χ3n) is 5.13. The van der Waals surface area contributed by atoms with Gasteiger partial charge < -0.3 is 19.5 Å². The molecular formula is C18H17ClFN3O4. The van der Waals surface area contributed by atoms with Gasteiger partial charge in [0.25, 0.3) is 0 Å². The van der Waals surface area contributed by atoms with E-state index in [4.69, 9.17) is 11.6 Å². The first-order chi connectivity index (χ1) is 12.9. The number of benzene rings is 1. The number of carboxylic acid groups (broad SMARTS) is 1. The average Bonchev–Trinajstić information content (AvgIpc) is 3.48. The summed E-state index contributed by atoms with van der Waals surface area (Å²) >= 11 is 6.30. The summed E-state index contributed by atoms with van der Waals surface area (Å²) in [7, 11) is 0. The number of carboxylic acids is 1. The van der Waals surface area contributed by atoms with Crippen LogP contribution in [0.3, 0.4) is 0 Å². The molecule has 1 aromatic heterocycles. The number of rotatable bonds is 4. The van der Waals surface area contributed by atoms with Gasteiger partial charge in [0.05, 0.1) is 21.6 Å². The van der Waals surface area contributed by atoms with Crippen molar-refractivity contribution < 1.29 is 19.1 Å². The summed E-state index contributed by atoms with van der Waals surface area (Å²) in [6.45, 7) is 1.74. The summed E-state index contributed by atoms with van der Waals surface area (Å²) < 4.78 is 17.1. The minimum Gasteiger partial charge on any atom is -0.477 e. The van der Waals surface area contributed by atoms with Gasteiger partial charge in [-0.1, -0.05) is 11.6 Å². The molecule has 0 atom stereocenters. The van der Waals surface area contributed by atoms with Crippen LogP contribution in [0.25, 0.3) is 10.9 Å². The van der Waals surface area contributed by atoms with Gasteiger partial charge in [-0.3, -0.25) is 9.59 Å². The third kappa shape index (κ3) is 2.93. The molecular weight excluding hydrogens is 377 g/mol. The molecule has 27 heavy (non-hydrogen) atoms. The molecule has 1 aliphatic heterocycles. The van der Waals surface area contributed by atoms with E-state index in [0.717, 1.165) is 19.3 Å². The molecule has 1 saturated heterocycles. The van der Waals surface area contributed by atoms with Crippen LogP contribution in [0.5, 0.6) is 0 Å². The SMILES string of the molecule is O=CN1CCN(c2c(Cl)cc3c(=O)c(C(=O)O)cn(C4CC4)c3c2F)CC1. The average molecular weight is 394 g/mol. The maximum Gasteiger partial charge on any atom is 0.341 e. The molecule has 1 amide bonds. The van der Waals surface area contributed by atoms with Crippen molar-refractivity contribution >= 4 is 40.6 Å². The number of carbonyl (C=O) groups is 2. The Kier molecular flexibility index (Phi) is 4.30. The minimum atomic E-state index is -1.35. The quantitative estimate of drug-likeness (QED) is 0.804. The molecule has 0 radical (unpaired) electrons. The van der Waals surface area contributed by atoms with Crippen LogP contribution in [-0.2, 0) is 4.79 Å². The number of aromatic nitrogens is 1. The fourth-order valence-corrected chi connectivity index (χ4v) is 3.88. The lowest BCUT2D eigenvalue weighted by Crippen LogP contribution is -2.46. The van der Waals surface area contributed by atoms with Gasteiger partial charge in [-0.15, -0.1) is 0 Å². The van der Waals surface area contributed by atoms with Gasteiger partial charge in [0.2, 0.25) is 11.8 Å². The molecule has 4 rings (SSSR count). The predicted molar refractivity (Wildman–Crippen MR) is 98.3 cm³/mol. The molecule has 1 aliphatic carbocycles. The van der Waals surface area contributed by atoms with E-state index in [0.29, 0.717) is 26.2 Å². The number of pyridine rings is 1. The van der Waals surface area contributed by atoms with Gasteiger partial charge >= 0.3 is 5.97 Å². The zero-order chi connectivity index (χ0) is 19.3. The van der Waals surface area contributed by atoms with Gasteiger partial charge in [-0.2, -0.15) is 0 Å². The summed E-state index contributed by atoms with van der Waals surface area (Å²) in [6.07, 6.45) is 3.59. The van der Waals surface area contributed by atoms with Crippen molar-refractivity contribution in [3.63, 3.8) is 0 Å². The van der Waals surface area contributed by atoms with Gasteiger partial charge in [0.15, 0.2) is 5.82 Å². The Balaban J connectivity index is 1.92. The second-order valence-corrected chi connectivity index (χ2v) is 7.27. The molecule has 2 heterocycles. The predicted octanol–water partition coefficient (Wildman–Crippen LogP) is 2.11. The summed E-state index contributed by atoms with van der Waals surface area (Å²) in [4.78, 5) is 38.2. The van der Waals surface area contributed by atoms with E-state index in [1.54, 1.807) is 14.4 Å². The standard InChI is InChI=1S/C18H17ClFN3O4/c19-13-7-11-15(14(20)16(13)22-5-3-21(9-24)4-6-22)23(10-1-2-10)8-12(17(11)25)18(26)27/h7-10H,1-6H2,(H,26,27). The van der Waals surface area contributed by atoms with E-state index in [9.17, 15) is 19.5 Å². The molecule has 0 spiro atoms. The van der Waals surface area contributed by atoms with Crippen LogP contribution < -0.4 is 10.3 Å². The highest BCUT2D eigenvalue weighted by Gasteiger charge is 2.31. The zero-order valence-electron chi connectivity index (χ0n) is 14.3. The highest BCUT2D eigenvalue weighted by Crippen LogP contribution is 2.41. The normalized spacial score (nSPS) is 17.4. The Morgan fingerprint density at radius 2 is 1.93 bits per heavy atom. The number of hydrogen-bond acceptors (Lipinski definition) is 4. The second-order valence-electron chi connectivity index (χ2n) is 6.86. The molecule has 1 aromatic carbocycles. The summed E-state index contributed by atoms with van der Waals surface area (Å²) in [5.41, 5.74) is -0.860. The lowest BCUT2D eigenvalue weighted by atomic mass is 10.1. The van der Waals surface area contributed by atoms with E-state index in [-0.39, 0.29) is 27.7 Å². The fourth-order valence-electron chi connectivity index (χ4n) is 3.57. The first-order valence-electron chi connectivity index (χ1n) is 8.66. The topological polar surface area (TPSA) is 82.8 Å². The molecule has 7 nitrogen and oxygen atoms in total. The van der Waals surface area contributed by atoms with Gasteiger partial charge in [-0.05, 0) is 18.9 Å². The van der Waals surface area contributed by atoms with E-state index in [2.05, 4.69) is 0 Å². The lowest BCUT2D eigenvalue weighted by molar-refractivity contribution is -0.118. The molecule has 0 unspecified atom stereocenters. The number of amides is 1. The Morgan fingerprint density at radius 1 is 1.26 bits per heavy atom. The Hall–Kier alpha value is -2.61. The van der Waals surface area contributed by atoms with Crippen molar-refractivity contribution in [2.75, 3.05) is 31.1 Å². The number of anilines is 1. The molecule has 2 aliphatic rings. The van der Waals surface area contributed by atoms with Gasteiger partial charge in [0, 0.05) is 38.4 Å². The lowest BCUT2D eigenvalue weighted by Gasteiger charge is -2.35. The number of carbonyl (C=O) groups excluding carboxylic acids is 1. The van der Waals surface area contributed by atoms with Crippen molar-refractivity contribution in [2.45, 2.75) is 18.9 Å². The highest BCUT2D eigenvalue weighted by molar-refractivity contribution is 6.34. The zero-order valence-corrected chi connectivity index (χ0v) is 15.1. The minimum absolute atomic E-state index is 0.0263. The number of nitrogens with zero attached hydrogens (tertiary/aromatic N) is 3. The van der Waals surface area contributed by atoms with E-state index in [1.165, 1.54) is 12.3 Å². The smallest absolute Gasteiger partial charge is 0.341 e. The van der Waals surface area contributed by atoms with Gasteiger partial charge in [0.1, 0.15) is 5.56 Å². The molecule has 9 heteroatoms. The molecule has 1 saturated carbocycles. The Bertz CT molecular complexity index is 1010. The van der Waals surface area contributed by atoms with Crippen molar-refractivity contribution in [2.24, 2.45) is 0 Å². The number of halogens is 2. The molecule has 2 fully saturated rings. The second kappa shape index (κ2) is 6.53. The molecule has 2 aromatic rings. The summed E-state index contributed by atoms with van der Waals surface area (Å²) in [5, 5.41) is 9.34. The Labute approximate surface area is 158 Å². The maximum atomic E-state index is 15.5. The van der Waals surface area contributed by atoms with Crippen LogP contribution >= 0.6 is 11.6 Å². The van der Waals surface area contributed by atoms with Crippen molar-refractivity contribution in [1.29, 1.82) is 0 Å². The van der Waals surface area contributed by atoms with E-state index in [1.807, 2.05) is 0 Å². The molecule has 142 valence electrons. The van der Waals surface area contributed by atoms with E-state index < -0.39 is 22.8 Å². The first kappa shape index (κ1) is 17.8. The summed E-state index contributed by atoms with van der Waals surface area (Å²) in [6, 6.07) is 1.33. The number of aromatic carboxylic acids is 1. The van der Waals surface area contributed by atoms with Crippen LogP contribution in [0, 0.1) is 5.82 Å². The van der Waals surface area contributed by atoms with Crippen molar-refractivity contribution in [3.8, 4) is 0 Å². The van der Waals surface area contributed by atoms with Crippen LogP contribution in [0.1, 0.15) is 29.2 Å². The number of hydrogen-bond donors (Lipinski definition) is 1. The first-order valence-corrected chi connectivity index (χ1v) is 9.04. The molecule has 1 N–H and O–H groups in total. The number of fused-ring (bicyclic) bond motifs is 1. The van der Waals surface area contributed by atoms with Crippen LogP contribution in [0.4, 0.5) is 10.1 Å². The van der Waals surface area contributed by atoms with Crippen molar-refractivity contribution in [3.05, 3.63) is 38.9 Å². The third-order valence-corrected chi connectivity index (χ3v) is 5.42. The monoisotopic (exact) mass is 393 g/mol. The van der Waals surface area contributed by atoms with Crippen LogP contribution in [-0.4, -0.2) is 53.1 Å². The molecule has 0 bridgehead atoms. The summed E-state index contributed by atoms with van der Waals surface area (Å²) in [5.74, 6) is -1.97. The number of piperazine rings is 1. The van der Waals surface area contributed by atoms with Crippen LogP contribution in [0.2, 0.25) is 5.02 Å². The van der Waals surface area contributed by atoms with Gasteiger partial charge in [-0.25, -0.2) is 9.18 Å². The fraction of sp³-hybridized carbons (Fsp3) is 0.389. The van der Waals surface area contributed by atoms with Crippen LogP contribution in [0.15, 0.2) is 17.1 Å². The van der Waals surface area contributed by atoms with Crippen molar-refractivity contribution in [1.82, 2.24) is 9.47 Å². The Morgan fingerprint density at radius 3 is 2.48 bits per heavy atom. The maximum absolute atomic E-state index is 15.5. The highest BCUT2D eigenvalue weighted by atomic mass is 35.5.